The van der Waals surface area contributed by atoms with Gasteiger partial charge in [-0.1, -0.05) is 0 Å². The Morgan fingerprint density at radius 1 is 1.67 bits per heavy atom. The molecule has 4 nitrogen and oxygen atoms in total. The van der Waals surface area contributed by atoms with Gasteiger partial charge in [0.2, 0.25) is 5.91 Å². The third kappa shape index (κ3) is 1.74. The van der Waals surface area contributed by atoms with Gasteiger partial charge in [0.05, 0.1) is 12.2 Å². The van der Waals surface area contributed by atoms with Gasteiger partial charge < -0.3 is 5.32 Å². The Kier molecular flexibility index (Phi) is 1.98. The molecule has 0 bridgehead atoms. The number of hydrogen-bond acceptors (Lipinski definition) is 3. The highest BCUT2D eigenvalue weighted by Crippen LogP contribution is 2.28. The van der Waals surface area contributed by atoms with Crippen molar-refractivity contribution >= 4 is 22.2 Å². The van der Waals surface area contributed by atoms with E-state index < -0.39 is 0 Å². The number of imidazole rings is 1. The van der Waals surface area contributed by atoms with Crippen LogP contribution in [0.1, 0.15) is 18.5 Å². The lowest BCUT2D eigenvalue weighted by molar-refractivity contribution is -0.122. The number of amides is 1. The second-order valence-corrected chi connectivity index (χ2v) is 4.69. The van der Waals surface area contributed by atoms with Crippen molar-refractivity contribution in [3.05, 3.63) is 23.5 Å². The highest BCUT2D eigenvalue weighted by molar-refractivity contribution is 7.15. The first-order chi connectivity index (χ1) is 7.33. The van der Waals surface area contributed by atoms with E-state index in [9.17, 15) is 4.79 Å². The van der Waals surface area contributed by atoms with Gasteiger partial charge in [-0.25, -0.2) is 4.98 Å². The van der Waals surface area contributed by atoms with E-state index in [2.05, 4.69) is 10.3 Å². The fraction of sp³-hybridized carbons (Fsp3) is 0.400. The van der Waals surface area contributed by atoms with Crippen molar-refractivity contribution in [1.82, 2.24) is 14.7 Å². The van der Waals surface area contributed by atoms with Gasteiger partial charge in [0.15, 0.2) is 4.96 Å². The first kappa shape index (κ1) is 8.91. The number of nitrogens with one attached hydrogen (secondary N) is 1. The summed E-state index contributed by atoms with van der Waals surface area (Å²) in [5.41, 5.74) is 0.927. The molecule has 0 saturated heterocycles. The fourth-order valence-electron chi connectivity index (χ4n) is 1.53. The molecule has 0 aromatic carbocycles. The van der Waals surface area contributed by atoms with Gasteiger partial charge in [-0.3, -0.25) is 9.20 Å². The van der Waals surface area contributed by atoms with Crippen LogP contribution >= 0.6 is 11.3 Å². The Balaban J connectivity index is 1.67. The molecule has 0 unspecified atom stereocenters. The van der Waals surface area contributed by atoms with Crippen molar-refractivity contribution in [1.29, 1.82) is 0 Å². The predicted molar refractivity (Wildman–Crippen MR) is 57.6 cm³/mol. The third-order valence-corrected chi connectivity index (χ3v) is 3.31. The van der Waals surface area contributed by atoms with Gasteiger partial charge in [-0.15, -0.1) is 11.3 Å². The highest BCUT2D eigenvalue weighted by atomic mass is 32.1. The van der Waals surface area contributed by atoms with Crippen LogP contribution in [0.3, 0.4) is 0 Å². The molecule has 1 saturated carbocycles. The topological polar surface area (TPSA) is 46.4 Å². The van der Waals surface area contributed by atoms with E-state index in [4.69, 9.17) is 0 Å². The second kappa shape index (κ2) is 3.34. The minimum absolute atomic E-state index is 0.173. The number of nitrogens with zero attached hydrogens (tertiary/aromatic N) is 2. The Labute approximate surface area is 90.9 Å². The zero-order chi connectivity index (χ0) is 10.3. The first-order valence-corrected chi connectivity index (χ1v) is 5.90. The lowest BCUT2D eigenvalue weighted by Gasteiger charge is -1.99. The summed E-state index contributed by atoms with van der Waals surface area (Å²) in [4.78, 5) is 16.8. The Morgan fingerprint density at radius 3 is 3.27 bits per heavy atom. The molecule has 1 fully saturated rings. The van der Waals surface area contributed by atoms with E-state index in [1.54, 1.807) is 11.3 Å². The van der Waals surface area contributed by atoms with Crippen LogP contribution in [0.5, 0.6) is 0 Å². The van der Waals surface area contributed by atoms with E-state index >= 15 is 0 Å². The van der Waals surface area contributed by atoms with Crippen LogP contribution in [0.25, 0.3) is 4.96 Å². The fourth-order valence-corrected chi connectivity index (χ4v) is 2.25. The SMILES string of the molecule is O=C(NCc1cn2ccsc2n1)C1CC1. The normalized spacial score (nSPS) is 15.7. The van der Waals surface area contributed by atoms with Crippen molar-refractivity contribution in [3.8, 4) is 0 Å². The van der Waals surface area contributed by atoms with Crippen molar-refractivity contribution in [2.45, 2.75) is 19.4 Å². The molecule has 1 aliphatic carbocycles. The molecule has 2 aromatic rings. The molecule has 1 aliphatic rings. The van der Waals surface area contributed by atoms with Crippen LogP contribution in [-0.4, -0.2) is 15.3 Å². The zero-order valence-electron chi connectivity index (χ0n) is 8.14. The third-order valence-electron chi connectivity index (χ3n) is 2.54. The summed E-state index contributed by atoms with van der Waals surface area (Å²) in [7, 11) is 0. The second-order valence-electron chi connectivity index (χ2n) is 3.82. The average Bonchev–Trinajstić information content (AvgIpc) is 2.86. The maximum atomic E-state index is 11.4. The standard InChI is InChI=1S/C10H11N3OS/c14-9(7-1-2-7)11-5-8-6-13-3-4-15-10(13)12-8/h3-4,6-7H,1-2,5H2,(H,11,14). The number of fused-ring (bicyclic) bond motifs is 1. The minimum atomic E-state index is 0.173. The number of carbonyl (C=O) groups is 1. The van der Waals surface area contributed by atoms with E-state index in [1.807, 2.05) is 22.2 Å². The van der Waals surface area contributed by atoms with Crippen LogP contribution in [0.4, 0.5) is 0 Å². The summed E-state index contributed by atoms with van der Waals surface area (Å²) >= 11 is 1.60. The summed E-state index contributed by atoms with van der Waals surface area (Å²) in [6.45, 7) is 0.545. The van der Waals surface area contributed by atoms with E-state index in [-0.39, 0.29) is 11.8 Å². The average molecular weight is 221 g/mol. The summed E-state index contributed by atoms with van der Waals surface area (Å²) < 4.78 is 1.98. The Hall–Kier alpha value is -1.36. The molecule has 0 radical (unpaired) electrons. The summed E-state index contributed by atoms with van der Waals surface area (Å²) in [6.07, 6.45) is 6.02. The lowest BCUT2D eigenvalue weighted by Crippen LogP contribution is -2.24. The summed E-state index contributed by atoms with van der Waals surface area (Å²) in [6, 6.07) is 0. The molecule has 2 heterocycles. The van der Waals surface area contributed by atoms with Crippen molar-refractivity contribution in [2.24, 2.45) is 5.92 Å². The van der Waals surface area contributed by atoms with Crippen LogP contribution in [0.2, 0.25) is 0 Å². The largest absolute Gasteiger partial charge is 0.350 e. The Bertz CT molecular complexity index is 469. The monoisotopic (exact) mass is 221 g/mol. The number of aromatic nitrogens is 2. The minimum Gasteiger partial charge on any atom is -0.350 e. The van der Waals surface area contributed by atoms with Gasteiger partial charge in [-0.2, -0.15) is 0 Å². The molecule has 0 atom stereocenters. The summed E-state index contributed by atoms with van der Waals surface area (Å²) in [5, 5.41) is 4.90. The lowest BCUT2D eigenvalue weighted by atomic mass is 10.4. The van der Waals surface area contributed by atoms with E-state index in [0.717, 1.165) is 23.5 Å². The van der Waals surface area contributed by atoms with Crippen molar-refractivity contribution in [2.75, 3.05) is 0 Å². The molecule has 0 spiro atoms. The quantitative estimate of drug-likeness (QED) is 0.852. The maximum absolute atomic E-state index is 11.4. The molecule has 1 amide bonds. The number of rotatable bonds is 3. The maximum Gasteiger partial charge on any atom is 0.223 e. The van der Waals surface area contributed by atoms with Crippen LogP contribution in [0.15, 0.2) is 17.8 Å². The van der Waals surface area contributed by atoms with Gasteiger partial charge in [-0.05, 0) is 12.8 Å². The van der Waals surface area contributed by atoms with Gasteiger partial charge in [0.25, 0.3) is 0 Å². The molecule has 3 rings (SSSR count). The van der Waals surface area contributed by atoms with Gasteiger partial charge in [0, 0.05) is 23.7 Å². The summed E-state index contributed by atoms with van der Waals surface area (Å²) in [5.74, 6) is 0.445. The molecular formula is C10H11N3OS. The number of thiazole rings is 1. The van der Waals surface area contributed by atoms with Crippen molar-refractivity contribution < 1.29 is 4.79 Å². The van der Waals surface area contributed by atoms with E-state index in [0.29, 0.717) is 6.54 Å². The van der Waals surface area contributed by atoms with Crippen LogP contribution in [0, 0.1) is 5.92 Å². The molecule has 2 aromatic heterocycles. The zero-order valence-corrected chi connectivity index (χ0v) is 8.96. The van der Waals surface area contributed by atoms with E-state index in [1.165, 1.54) is 0 Å². The molecule has 78 valence electrons. The first-order valence-electron chi connectivity index (χ1n) is 5.02. The van der Waals surface area contributed by atoms with Crippen LogP contribution < -0.4 is 5.32 Å². The molecule has 15 heavy (non-hydrogen) atoms. The number of carbonyl (C=O) groups excluding carboxylic acids is 1. The molecular weight excluding hydrogens is 210 g/mol. The highest BCUT2D eigenvalue weighted by Gasteiger charge is 2.29. The predicted octanol–water partition coefficient (Wildman–Crippen LogP) is 1.42. The number of hydrogen-bond donors (Lipinski definition) is 1. The smallest absolute Gasteiger partial charge is 0.223 e. The molecule has 0 aliphatic heterocycles. The molecule has 1 N–H and O–H groups in total. The van der Waals surface area contributed by atoms with Crippen LogP contribution in [-0.2, 0) is 11.3 Å². The van der Waals surface area contributed by atoms with Gasteiger partial charge >= 0.3 is 0 Å². The molecule has 5 heteroatoms. The van der Waals surface area contributed by atoms with Crippen molar-refractivity contribution in [3.63, 3.8) is 0 Å². The Morgan fingerprint density at radius 2 is 2.53 bits per heavy atom. The van der Waals surface area contributed by atoms with Gasteiger partial charge in [0.1, 0.15) is 0 Å².